The Balaban J connectivity index is 1.83. The molecule has 0 saturated heterocycles. The Labute approximate surface area is 101 Å². The molecular weight excluding hydrogens is 216 g/mol. The Morgan fingerprint density at radius 1 is 1.47 bits per heavy atom. The number of carbonyl (C=O) groups excluding carboxylic acids is 1. The standard InChI is InChI=1S/C13H18N2O2/c1-13(2,3)17-12(16)15-11-8-9(11)10-6-4-5-7-14-10/h4-7,9,11H,8H2,1-3H3,(H,15,16)/t9-,11+/m0/s1. The molecule has 1 fully saturated rings. The van der Waals surface area contributed by atoms with Gasteiger partial charge >= 0.3 is 6.09 Å². The minimum atomic E-state index is -0.445. The molecule has 4 nitrogen and oxygen atoms in total. The molecule has 0 spiro atoms. The van der Waals surface area contributed by atoms with Crippen molar-refractivity contribution in [3.63, 3.8) is 0 Å². The summed E-state index contributed by atoms with van der Waals surface area (Å²) >= 11 is 0. The Bertz CT molecular complexity index is 398. The van der Waals surface area contributed by atoms with Gasteiger partial charge in [0.1, 0.15) is 5.60 Å². The fourth-order valence-corrected chi connectivity index (χ4v) is 1.74. The van der Waals surface area contributed by atoms with E-state index in [2.05, 4.69) is 10.3 Å². The highest BCUT2D eigenvalue weighted by Crippen LogP contribution is 2.39. The Morgan fingerprint density at radius 2 is 2.24 bits per heavy atom. The molecule has 1 aliphatic carbocycles. The van der Waals surface area contributed by atoms with Crippen molar-refractivity contribution in [2.45, 2.75) is 44.8 Å². The lowest BCUT2D eigenvalue weighted by Gasteiger charge is -2.19. The summed E-state index contributed by atoms with van der Waals surface area (Å²) in [6, 6.07) is 6.01. The van der Waals surface area contributed by atoms with Gasteiger partial charge in [0.15, 0.2) is 0 Å². The number of rotatable bonds is 2. The number of ether oxygens (including phenoxy) is 1. The van der Waals surface area contributed by atoms with Crippen molar-refractivity contribution < 1.29 is 9.53 Å². The van der Waals surface area contributed by atoms with Crippen LogP contribution in [0.3, 0.4) is 0 Å². The summed E-state index contributed by atoms with van der Waals surface area (Å²) in [5, 5.41) is 2.86. The number of hydrogen-bond acceptors (Lipinski definition) is 3. The molecule has 0 radical (unpaired) electrons. The van der Waals surface area contributed by atoms with Gasteiger partial charge in [-0.1, -0.05) is 6.07 Å². The largest absolute Gasteiger partial charge is 0.444 e. The zero-order valence-electron chi connectivity index (χ0n) is 10.4. The zero-order valence-corrected chi connectivity index (χ0v) is 10.4. The van der Waals surface area contributed by atoms with E-state index in [0.717, 1.165) is 12.1 Å². The van der Waals surface area contributed by atoms with E-state index in [-0.39, 0.29) is 12.1 Å². The predicted octanol–water partition coefficient (Wildman–Crippen LogP) is 2.46. The van der Waals surface area contributed by atoms with E-state index in [4.69, 9.17) is 4.74 Å². The van der Waals surface area contributed by atoms with Crippen LogP contribution in [0.1, 0.15) is 38.8 Å². The van der Waals surface area contributed by atoms with Crippen molar-refractivity contribution in [2.24, 2.45) is 0 Å². The van der Waals surface area contributed by atoms with E-state index >= 15 is 0 Å². The first-order valence-corrected chi connectivity index (χ1v) is 5.86. The van der Waals surface area contributed by atoms with Gasteiger partial charge in [0.25, 0.3) is 0 Å². The molecular formula is C13H18N2O2. The first-order chi connectivity index (χ1) is 7.96. The summed E-state index contributed by atoms with van der Waals surface area (Å²) in [6.07, 6.45) is 2.37. The number of nitrogens with zero attached hydrogens (tertiary/aromatic N) is 1. The van der Waals surface area contributed by atoms with E-state index in [1.54, 1.807) is 6.20 Å². The maximum atomic E-state index is 11.5. The maximum Gasteiger partial charge on any atom is 0.407 e. The van der Waals surface area contributed by atoms with Crippen molar-refractivity contribution >= 4 is 6.09 Å². The number of alkyl carbamates (subject to hydrolysis) is 1. The topological polar surface area (TPSA) is 51.2 Å². The molecule has 1 saturated carbocycles. The molecule has 1 aromatic heterocycles. The van der Waals surface area contributed by atoms with Gasteiger partial charge in [-0.3, -0.25) is 4.98 Å². The molecule has 1 aliphatic rings. The van der Waals surface area contributed by atoms with Crippen LogP contribution in [-0.2, 0) is 4.74 Å². The van der Waals surface area contributed by atoms with Crippen LogP contribution < -0.4 is 5.32 Å². The summed E-state index contributed by atoms with van der Waals surface area (Å²) in [5.74, 6) is 0.337. The second kappa shape index (κ2) is 4.35. The van der Waals surface area contributed by atoms with Gasteiger partial charge in [-0.25, -0.2) is 4.79 Å². The SMILES string of the molecule is CC(C)(C)OC(=O)N[C@@H]1C[C@H]1c1ccccn1. The average molecular weight is 234 g/mol. The monoisotopic (exact) mass is 234 g/mol. The smallest absolute Gasteiger partial charge is 0.407 e. The molecule has 1 heterocycles. The van der Waals surface area contributed by atoms with E-state index in [1.807, 2.05) is 39.0 Å². The van der Waals surface area contributed by atoms with Crippen LogP contribution >= 0.6 is 0 Å². The maximum absolute atomic E-state index is 11.5. The second-order valence-electron chi connectivity index (χ2n) is 5.35. The van der Waals surface area contributed by atoms with Gasteiger partial charge in [-0.15, -0.1) is 0 Å². The minimum Gasteiger partial charge on any atom is -0.444 e. The van der Waals surface area contributed by atoms with Crippen molar-refractivity contribution in [1.82, 2.24) is 10.3 Å². The highest BCUT2D eigenvalue weighted by molar-refractivity contribution is 5.69. The van der Waals surface area contributed by atoms with Gasteiger partial charge in [-0.2, -0.15) is 0 Å². The summed E-state index contributed by atoms with van der Waals surface area (Å²) in [5.41, 5.74) is 0.591. The van der Waals surface area contributed by atoms with Crippen LogP contribution in [-0.4, -0.2) is 22.7 Å². The lowest BCUT2D eigenvalue weighted by Crippen LogP contribution is -2.34. The third-order valence-corrected chi connectivity index (χ3v) is 2.56. The van der Waals surface area contributed by atoms with Gasteiger partial charge in [0.05, 0.1) is 0 Å². The summed E-state index contributed by atoms with van der Waals surface area (Å²) in [7, 11) is 0. The van der Waals surface area contributed by atoms with Crippen LogP contribution in [0.15, 0.2) is 24.4 Å². The number of carbonyl (C=O) groups is 1. The highest BCUT2D eigenvalue weighted by atomic mass is 16.6. The highest BCUT2D eigenvalue weighted by Gasteiger charge is 2.41. The van der Waals surface area contributed by atoms with Crippen molar-refractivity contribution in [3.05, 3.63) is 30.1 Å². The molecule has 1 aromatic rings. The molecule has 1 amide bonds. The van der Waals surface area contributed by atoms with Crippen molar-refractivity contribution in [3.8, 4) is 0 Å². The first kappa shape index (κ1) is 11.9. The van der Waals surface area contributed by atoms with Gasteiger partial charge in [0.2, 0.25) is 0 Å². The Hall–Kier alpha value is -1.58. The van der Waals surface area contributed by atoms with Crippen LogP contribution in [0.25, 0.3) is 0 Å². The fraction of sp³-hybridized carbons (Fsp3) is 0.538. The van der Waals surface area contributed by atoms with Crippen molar-refractivity contribution in [1.29, 1.82) is 0 Å². The van der Waals surface area contributed by atoms with E-state index < -0.39 is 5.60 Å². The minimum absolute atomic E-state index is 0.166. The molecule has 92 valence electrons. The lowest BCUT2D eigenvalue weighted by molar-refractivity contribution is 0.0523. The molecule has 2 rings (SSSR count). The quantitative estimate of drug-likeness (QED) is 0.855. The second-order valence-corrected chi connectivity index (χ2v) is 5.35. The molecule has 0 unspecified atom stereocenters. The van der Waals surface area contributed by atoms with E-state index in [0.29, 0.717) is 5.92 Å². The molecule has 2 atom stereocenters. The molecule has 17 heavy (non-hydrogen) atoms. The summed E-state index contributed by atoms with van der Waals surface area (Å²) in [4.78, 5) is 15.8. The van der Waals surface area contributed by atoms with E-state index in [1.165, 1.54) is 0 Å². The fourth-order valence-electron chi connectivity index (χ4n) is 1.74. The van der Waals surface area contributed by atoms with Crippen LogP contribution in [0.5, 0.6) is 0 Å². The van der Waals surface area contributed by atoms with Gasteiger partial charge < -0.3 is 10.1 Å². The normalized spacial score (nSPS) is 23.0. The predicted molar refractivity (Wildman–Crippen MR) is 64.8 cm³/mol. The third-order valence-electron chi connectivity index (χ3n) is 2.56. The Morgan fingerprint density at radius 3 is 2.82 bits per heavy atom. The molecule has 0 aromatic carbocycles. The van der Waals surface area contributed by atoms with Crippen molar-refractivity contribution in [2.75, 3.05) is 0 Å². The number of nitrogens with one attached hydrogen (secondary N) is 1. The van der Waals surface area contributed by atoms with Crippen LogP contribution in [0.4, 0.5) is 4.79 Å². The number of pyridine rings is 1. The number of hydrogen-bond donors (Lipinski definition) is 1. The van der Waals surface area contributed by atoms with E-state index in [9.17, 15) is 4.79 Å². The van der Waals surface area contributed by atoms with Crippen LogP contribution in [0, 0.1) is 0 Å². The molecule has 4 heteroatoms. The Kier molecular flexibility index (Phi) is 3.05. The summed E-state index contributed by atoms with van der Waals surface area (Å²) < 4.78 is 5.20. The lowest BCUT2D eigenvalue weighted by atomic mass is 10.2. The molecule has 0 bridgehead atoms. The van der Waals surface area contributed by atoms with Crippen LogP contribution in [0.2, 0.25) is 0 Å². The molecule has 1 N–H and O–H groups in total. The zero-order chi connectivity index (χ0) is 12.5. The van der Waals surface area contributed by atoms with Gasteiger partial charge in [-0.05, 0) is 39.3 Å². The molecule has 0 aliphatic heterocycles. The summed E-state index contributed by atoms with van der Waals surface area (Å²) in [6.45, 7) is 5.57. The van der Waals surface area contributed by atoms with Gasteiger partial charge in [0, 0.05) is 23.9 Å². The number of aromatic nitrogens is 1. The third kappa shape index (κ3) is 3.44. The first-order valence-electron chi connectivity index (χ1n) is 5.86. The number of amides is 1. The average Bonchev–Trinajstić information content (AvgIpc) is 2.95.